The molecular weight excluding hydrogens is 152 g/mol. The standard InChI is InChI=1S/C10H18O2/c1-8-2-3-10(4-8,7-11)5-9-6-12-9/h8-9,11H,2-7H2,1H3. The van der Waals surface area contributed by atoms with Crippen molar-refractivity contribution in [3.05, 3.63) is 0 Å². The molecule has 3 unspecified atom stereocenters. The molecule has 70 valence electrons. The summed E-state index contributed by atoms with van der Waals surface area (Å²) in [5.41, 5.74) is 0.223. The lowest BCUT2D eigenvalue weighted by molar-refractivity contribution is 0.107. The lowest BCUT2D eigenvalue weighted by Crippen LogP contribution is -2.24. The SMILES string of the molecule is CC1CCC(CO)(CC2CO2)C1. The molecule has 0 aromatic heterocycles. The van der Waals surface area contributed by atoms with Crippen LogP contribution in [-0.4, -0.2) is 24.4 Å². The summed E-state index contributed by atoms with van der Waals surface area (Å²) in [6, 6.07) is 0. The normalized spacial score (nSPS) is 46.5. The molecule has 0 aromatic rings. The zero-order chi connectivity index (χ0) is 8.60. The highest BCUT2D eigenvalue weighted by molar-refractivity contribution is 4.91. The maximum atomic E-state index is 9.36. The van der Waals surface area contributed by atoms with E-state index in [4.69, 9.17) is 4.74 Å². The van der Waals surface area contributed by atoms with Crippen LogP contribution in [-0.2, 0) is 4.74 Å². The van der Waals surface area contributed by atoms with Crippen LogP contribution in [0.4, 0.5) is 0 Å². The van der Waals surface area contributed by atoms with Gasteiger partial charge in [0.05, 0.1) is 12.7 Å². The van der Waals surface area contributed by atoms with Gasteiger partial charge in [0.15, 0.2) is 0 Å². The molecule has 1 heterocycles. The van der Waals surface area contributed by atoms with Crippen molar-refractivity contribution < 1.29 is 9.84 Å². The summed E-state index contributed by atoms with van der Waals surface area (Å²) in [4.78, 5) is 0. The fourth-order valence-electron chi connectivity index (χ4n) is 2.56. The van der Waals surface area contributed by atoms with Crippen molar-refractivity contribution in [1.82, 2.24) is 0 Å². The van der Waals surface area contributed by atoms with E-state index in [9.17, 15) is 5.11 Å². The van der Waals surface area contributed by atoms with Crippen molar-refractivity contribution in [3.8, 4) is 0 Å². The Labute approximate surface area is 73.9 Å². The van der Waals surface area contributed by atoms with Crippen LogP contribution in [0.25, 0.3) is 0 Å². The number of aliphatic hydroxyl groups is 1. The van der Waals surface area contributed by atoms with Gasteiger partial charge < -0.3 is 9.84 Å². The van der Waals surface area contributed by atoms with Gasteiger partial charge in [-0.2, -0.15) is 0 Å². The van der Waals surface area contributed by atoms with E-state index < -0.39 is 0 Å². The Kier molecular flexibility index (Phi) is 2.13. The summed E-state index contributed by atoms with van der Waals surface area (Å²) in [5, 5.41) is 9.36. The Bertz CT molecular complexity index is 165. The van der Waals surface area contributed by atoms with Crippen molar-refractivity contribution >= 4 is 0 Å². The monoisotopic (exact) mass is 170 g/mol. The Morgan fingerprint density at radius 3 is 2.75 bits per heavy atom. The van der Waals surface area contributed by atoms with E-state index >= 15 is 0 Å². The predicted octanol–water partition coefficient (Wildman–Crippen LogP) is 1.57. The van der Waals surface area contributed by atoms with E-state index in [1.165, 1.54) is 19.3 Å². The van der Waals surface area contributed by atoms with Crippen LogP contribution < -0.4 is 0 Å². The molecule has 2 rings (SSSR count). The molecule has 1 aliphatic heterocycles. The molecule has 0 aromatic carbocycles. The zero-order valence-electron chi connectivity index (χ0n) is 7.75. The average molecular weight is 170 g/mol. The minimum atomic E-state index is 0.223. The third-order valence-corrected chi connectivity index (χ3v) is 3.35. The molecular formula is C10H18O2. The van der Waals surface area contributed by atoms with Gasteiger partial charge in [0.1, 0.15) is 0 Å². The third kappa shape index (κ3) is 1.64. The summed E-state index contributed by atoms with van der Waals surface area (Å²) in [5.74, 6) is 0.802. The van der Waals surface area contributed by atoms with Crippen LogP contribution in [0.15, 0.2) is 0 Å². The number of rotatable bonds is 3. The molecule has 2 heteroatoms. The molecule has 0 spiro atoms. The van der Waals surface area contributed by atoms with Crippen molar-refractivity contribution in [1.29, 1.82) is 0 Å². The number of aliphatic hydroxyl groups excluding tert-OH is 1. The lowest BCUT2D eigenvalue weighted by Gasteiger charge is -2.25. The fourth-order valence-corrected chi connectivity index (χ4v) is 2.56. The van der Waals surface area contributed by atoms with Gasteiger partial charge in [-0.15, -0.1) is 0 Å². The second kappa shape index (κ2) is 3.00. The second-order valence-corrected chi connectivity index (χ2v) is 4.67. The van der Waals surface area contributed by atoms with Crippen molar-refractivity contribution in [3.63, 3.8) is 0 Å². The largest absolute Gasteiger partial charge is 0.396 e. The van der Waals surface area contributed by atoms with E-state index in [1.807, 2.05) is 0 Å². The highest BCUT2D eigenvalue weighted by Gasteiger charge is 2.41. The number of hydrogen-bond acceptors (Lipinski definition) is 2. The molecule has 12 heavy (non-hydrogen) atoms. The van der Waals surface area contributed by atoms with Crippen LogP contribution >= 0.6 is 0 Å². The van der Waals surface area contributed by atoms with E-state index in [0.717, 1.165) is 18.9 Å². The quantitative estimate of drug-likeness (QED) is 0.652. The summed E-state index contributed by atoms with van der Waals surface area (Å²) in [6.45, 7) is 3.57. The predicted molar refractivity (Wildman–Crippen MR) is 46.9 cm³/mol. The van der Waals surface area contributed by atoms with E-state index in [0.29, 0.717) is 12.7 Å². The Hall–Kier alpha value is -0.0800. The first-order valence-corrected chi connectivity index (χ1v) is 4.97. The zero-order valence-corrected chi connectivity index (χ0v) is 7.75. The van der Waals surface area contributed by atoms with Crippen LogP contribution in [0.1, 0.15) is 32.6 Å². The minimum absolute atomic E-state index is 0.223. The van der Waals surface area contributed by atoms with Gasteiger partial charge in [-0.05, 0) is 30.6 Å². The molecule has 2 fully saturated rings. The van der Waals surface area contributed by atoms with Crippen molar-refractivity contribution in [2.75, 3.05) is 13.2 Å². The molecule has 2 nitrogen and oxygen atoms in total. The van der Waals surface area contributed by atoms with Crippen molar-refractivity contribution in [2.24, 2.45) is 11.3 Å². The summed E-state index contributed by atoms with van der Waals surface area (Å²) < 4.78 is 5.22. The third-order valence-electron chi connectivity index (χ3n) is 3.35. The molecule has 1 saturated heterocycles. The first-order valence-electron chi connectivity index (χ1n) is 4.97. The van der Waals surface area contributed by atoms with Gasteiger partial charge in [0.2, 0.25) is 0 Å². The molecule has 1 saturated carbocycles. The minimum Gasteiger partial charge on any atom is -0.396 e. The highest BCUT2D eigenvalue weighted by Crippen LogP contribution is 2.46. The summed E-state index contributed by atoms with van der Waals surface area (Å²) >= 11 is 0. The number of epoxide rings is 1. The lowest BCUT2D eigenvalue weighted by atomic mass is 9.82. The van der Waals surface area contributed by atoms with Crippen LogP contribution in [0, 0.1) is 11.3 Å². The fraction of sp³-hybridized carbons (Fsp3) is 1.00. The molecule has 0 radical (unpaired) electrons. The molecule has 3 atom stereocenters. The Morgan fingerprint density at radius 1 is 1.58 bits per heavy atom. The van der Waals surface area contributed by atoms with Gasteiger partial charge in [-0.3, -0.25) is 0 Å². The van der Waals surface area contributed by atoms with Crippen molar-refractivity contribution in [2.45, 2.75) is 38.7 Å². The first-order chi connectivity index (χ1) is 5.74. The topological polar surface area (TPSA) is 32.8 Å². The van der Waals surface area contributed by atoms with Gasteiger partial charge in [0, 0.05) is 6.61 Å². The number of ether oxygens (including phenoxy) is 1. The van der Waals surface area contributed by atoms with E-state index in [1.54, 1.807) is 0 Å². The summed E-state index contributed by atoms with van der Waals surface area (Å²) in [7, 11) is 0. The smallest absolute Gasteiger partial charge is 0.0816 e. The molecule has 1 aliphatic carbocycles. The molecule has 0 amide bonds. The number of hydrogen-bond donors (Lipinski definition) is 1. The van der Waals surface area contributed by atoms with Crippen LogP contribution in [0.2, 0.25) is 0 Å². The highest BCUT2D eigenvalue weighted by atomic mass is 16.6. The Morgan fingerprint density at radius 2 is 2.33 bits per heavy atom. The maximum absolute atomic E-state index is 9.36. The molecule has 0 bridgehead atoms. The maximum Gasteiger partial charge on any atom is 0.0816 e. The van der Waals surface area contributed by atoms with Crippen LogP contribution in [0.5, 0.6) is 0 Å². The first kappa shape index (κ1) is 8.52. The summed E-state index contributed by atoms with van der Waals surface area (Å²) in [6.07, 6.45) is 5.25. The van der Waals surface area contributed by atoms with Crippen LogP contribution in [0.3, 0.4) is 0 Å². The van der Waals surface area contributed by atoms with Gasteiger partial charge in [0.25, 0.3) is 0 Å². The molecule has 1 N–H and O–H groups in total. The van der Waals surface area contributed by atoms with E-state index in [-0.39, 0.29) is 5.41 Å². The van der Waals surface area contributed by atoms with Gasteiger partial charge in [-0.25, -0.2) is 0 Å². The average Bonchev–Trinajstić information content (AvgIpc) is 2.77. The van der Waals surface area contributed by atoms with Gasteiger partial charge in [-0.1, -0.05) is 13.3 Å². The Balaban J connectivity index is 1.93. The second-order valence-electron chi connectivity index (χ2n) is 4.67. The molecule has 2 aliphatic rings. The van der Waals surface area contributed by atoms with Gasteiger partial charge >= 0.3 is 0 Å². The van der Waals surface area contributed by atoms with E-state index in [2.05, 4.69) is 6.92 Å².